The summed E-state index contributed by atoms with van der Waals surface area (Å²) in [6.45, 7) is 0.160. The van der Waals surface area contributed by atoms with Crippen molar-refractivity contribution in [1.82, 2.24) is 14.5 Å². The minimum Gasteiger partial charge on any atom is -0.495 e. The number of nitrogens with zero attached hydrogens (tertiary/aromatic N) is 2. The van der Waals surface area contributed by atoms with E-state index in [2.05, 4.69) is 5.32 Å². The molecule has 1 aromatic rings. The first-order chi connectivity index (χ1) is 10.4. The number of hydrogen-bond donors (Lipinski definition) is 1. The van der Waals surface area contributed by atoms with Gasteiger partial charge in [-0.3, -0.25) is 9.69 Å². The van der Waals surface area contributed by atoms with Gasteiger partial charge in [-0.05, 0) is 12.1 Å². The largest absolute Gasteiger partial charge is 0.495 e. The molecule has 2 heterocycles. The predicted octanol–water partition coefficient (Wildman–Crippen LogP) is -0.380. The molecule has 1 N–H and O–H groups in total. The highest BCUT2D eigenvalue weighted by Gasteiger charge is 2.46. The molecular weight excluding hydrogens is 310 g/mol. The van der Waals surface area contributed by atoms with Crippen molar-refractivity contribution < 1.29 is 22.7 Å². The van der Waals surface area contributed by atoms with Crippen LogP contribution in [-0.2, 0) is 14.8 Å². The van der Waals surface area contributed by atoms with E-state index in [0.29, 0.717) is 0 Å². The van der Waals surface area contributed by atoms with Gasteiger partial charge in [0, 0.05) is 13.1 Å². The van der Waals surface area contributed by atoms with Gasteiger partial charge in [0.25, 0.3) is 0 Å². The van der Waals surface area contributed by atoms with Crippen LogP contribution in [0, 0.1) is 0 Å². The first kappa shape index (κ1) is 14.8. The lowest BCUT2D eigenvalue weighted by Gasteiger charge is -2.41. The Kier molecular flexibility index (Phi) is 3.53. The van der Waals surface area contributed by atoms with Crippen molar-refractivity contribution in [3.05, 3.63) is 24.3 Å². The number of sulfonamides is 1. The highest BCUT2D eigenvalue weighted by Crippen LogP contribution is 2.30. The fourth-order valence-corrected chi connectivity index (χ4v) is 4.22. The molecule has 0 aliphatic carbocycles. The Morgan fingerprint density at radius 1 is 1.23 bits per heavy atom. The molecule has 0 bridgehead atoms. The number of para-hydroxylation sites is 1. The van der Waals surface area contributed by atoms with Crippen molar-refractivity contribution in [3.63, 3.8) is 0 Å². The number of nitrogens with one attached hydrogen (secondary N) is 1. The van der Waals surface area contributed by atoms with Crippen LogP contribution in [0.2, 0.25) is 0 Å². The molecule has 3 amide bonds. The highest BCUT2D eigenvalue weighted by molar-refractivity contribution is 7.89. The summed E-state index contributed by atoms with van der Waals surface area (Å²) in [6.07, 6.45) is 0. The van der Waals surface area contributed by atoms with Crippen molar-refractivity contribution in [1.29, 1.82) is 0 Å². The first-order valence-corrected chi connectivity index (χ1v) is 8.12. The zero-order valence-electron chi connectivity index (χ0n) is 11.9. The summed E-state index contributed by atoms with van der Waals surface area (Å²) >= 11 is 0. The van der Waals surface area contributed by atoms with E-state index in [-0.39, 0.29) is 36.2 Å². The molecule has 0 radical (unpaired) electrons. The average molecular weight is 325 g/mol. The van der Waals surface area contributed by atoms with Crippen LogP contribution in [0.3, 0.4) is 0 Å². The Labute approximate surface area is 127 Å². The fourth-order valence-electron chi connectivity index (χ4n) is 2.55. The number of amides is 3. The van der Waals surface area contributed by atoms with Crippen LogP contribution in [0.25, 0.3) is 0 Å². The van der Waals surface area contributed by atoms with Gasteiger partial charge in [0.05, 0.1) is 19.7 Å². The molecule has 2 fully saturated rings. The summed E-state index contributed by atoms with van der Waals surface area (Å²) in [5, 5.41) is 2.42. The number of urea groups is 1. The van der Waals surface area contributed by atoms with E-state index >= 15 is 0 Å². The van der Waals surface area contributed by atoms with Gasteiger partial charge >= 0.3 is 6.03 Å². The summed E-state index contributed by atoms with van der Waals surface area (Å²) in [5.74, 6) is -0.0646. The van der Waals surface area contributed by atoms with Crippen LogP contribution in [0.15, 0.2) is 29.2 Å². The molecule has 8 nitrogen and oxygen atoms in total. The normalized spacial score (nSPS) is 20.0. The summed E-state index contributed by atoms with van der Waals surface area (Å²) < 4.78 is 31.4. The Morgan fingerprint density at radius 2 is 1.91 bits per heavy atom. The van der Waals surface area contributed by atoms with E-state index in [1.165, 1.54) is 17.5 Å². The molecule has 9 heteroatoms. The van der Waals surface area contributed by atoms with Gasteiger partial charge in [0.15, 0.2) is 0 Å². The third-order valence-corrected chi connectivity index (χ3v) is 5.63. The molecule has 0 unspecified atom stereocenters. The van der Waals surface area contributed by atoms with E-state index in [0.717, 1.165) is 4.90 Å². The molecule has 2 aliphatic heterocycles. The molecule has 0 spiro atoms. The second kappa shape index (κ2) is 5.25. The zero-order chi connectivity index (χ0) is 15.9. The van der Waals surface area contributed by atoms with E-state index in [1.54, 1.807) is 18.2 Å². The molecular formula is C13H15N3O5S. The van der Waals surface area contributed by atoms with Crippen LogP contribution in [0.4, 0.5) is 4.79 Å². The molecule has 22 heavy (non-hydrogen) atoms. The van der Waals surface area contributed by atoms with Crippen molar-refractivity contribution in [3.8, 4) is 5.75 Å². The number of ether oxygens (including phenoxy) is 1. The third-order valence-electron chi connectivity index (χ3n) is 3.76. The van der Waals surface area contributed by atoms with Crippen LogP contribution in [0.5, 0.6) is 5.75 Å². The summed E-state index contributed by atoms with van der Waals surface area (Å²) in [4.78, 5) is 24.3. The van der Waals surface area contributed by atoms with Crippen LogP contribution >= 0.6 is 0 Å². The molecule has 0 atom stereocenters. The number of hydrogen-bond acceptors (Lipinski definition) is 5. The molecule has 2 aliphatic rings. The van der Waals surface area contributed by atoms with Crippen molar-refractivity contribution in [2.45, 2.75) is 10.9 Å². The Hall–Kier alpha value is -2.13. The van der Waals surface area contributed by atoms with Gasteiger partial charge in [-0.1, -0.05) is 12.1 Å². The van der Waals surface area contributed by atoms with Crippen LogP contribution in [-0.4, -0.2) is 62.3 Å². The topological polar surface area (TPSA) is 96.0 Å². The molecule has 3 rings (SSSR count). The SMILES string of the molecule is COc1ccccc1S(=O)(=O)N1CC(N2C(=O)CNC2=O)C1. The maximum Gasteiger partial charge on any atom is 0.324 e. The third kappa shape index (κ3) is 2.22. The monoisotopic (exact) mass is 325 g/mol. The first-order valence-electron chi connectivity index (χ1n) is 6.68. The van der Waals surface area contributed by atoms with Gasteiger partial charge < -0.3 is 10.1 Å². The fraction of sp³-hybridized carbons (Fsp3) is 0.385. The minimum absolute atomic E-state index is 0.0331. The number of rotatable bonds is 4. The van der Waals surface area contributed by atoms with Gasteiger partial charge in [-0.25, -0.2) is 13.2 Å². The Bertz CT molecular complexity index is 711. The van der Waals surface area contributed by atoms with Crippen LogP contribution in [0.1, 0.15) is 0 Å². The summed E-state index contributed by atoms with van der Waals surface area (Å²) in [6, 6.07) is 5.45. The van der Waals surface area contributed by atoms with Crippen molar-refractivity contribution >= 4 is 22.0 Å². The molecule has 2 saturated heterocycles. The number of methoxy groups -OCH3 is 1. The molecule has 0 saturated carbocycles. The van der Waals surface area contributed by atoms with Gasteiger partial charge in [0.1, 0.15) is 10.6 Å². The quantitative estimate of drug-likeness (QED) is 0.761. The van der Waals surface area contributed by atoms with Gasteiger partial charge in [-0.2, -0.15) is 4.31 Å². The summed E-state index contributed by atoms with van der Waals surface area (Å²) in [7, 11) is -2.30. The zero-order valence-corrected chi connectivity index (χ0v) is 12.7. The number of benzene rings is 1. The predicted molar refractivity (Wildman–Crippen MR) is 75.8 cm³/mol. The maximum atomic E-state index is 12.6. The number of carbonyl (C=O) groups is 2. The second-order valence-electron chi connectivity index (χ2n) is 5.05. The lowest BCUT2D eigenvalue weighted by Crippen LogP contribution is -2.62. The van der Waals surface area contributed by atoms with Crippen molar-refractivity contribution in [2.24, 2.45) is 0 Å². The lowest BCUT2D eigenvalue weighted by atomic mass is 10.1. The second-order valence-corrected chi connectivity index (χ2v) is 6.96. The molecule has 1 aromatic carbocycles. The maximum absolute atomic E-state index is 12.6. The van der Waals surface area contributed by atoms with E-state index in [1.807, 2.05) is 0 Å². The van der Waals surface area contributed by atoms with Gasteiger partial charge in [-0.15, -0.1) is 0 Å². The standard InChI is InChI=1S/C13H15N3O5S/c1-21-10-4-2-3-5-11(10)22(19,20)15-7-9(8-15)16-12(17)6-14-13(16)18/h2-5,9H,6-8H2,1H3,(H,14,18). The Morgan fingerprint density at radius 3 is 2.50 bits per heavy atom. The minimum atomic E-state index is -3.70. The molecule has 118 valence electrons. The average Bonchev–Trinajstić information content (AvgIpc) is 2.77. The van der Waals surface area contributed by atoms with E-state index in [4.69, 9.17) is 4.74 Å². The van der Waals surface area contributed by atoms with Crippen molar-refractivity contribution in [2.75, 3.05) is 26.7 Å². The summed E-state index contributed by atoms with van der Waals surface area (Å²) in [5.41, 5.74) is 0. The smallest absolute Gasteiger partial charge is 0.324 e. The van der Waals surface area contributed by atoms with Gasteiger partial charge in [0.2, 0.25) is 15.9 Å². The van der Waals surface area contributed by atoms with E-state index in [9.17, 15) is 18.0 Å². The number of imide groups is 1. The van der Waals surface area contributed by atoms with Crippen LogP contribution < -0.4 is 10.1 Å². The Balaban J connectivity index is 1.77. The highest BCUT2D eigenvalue weighted by atomic mass is 32.2. The molecule has 0 aromatic heterocycles. The number of carbonyl (C=O) groups excluding carboxylic acids is 2. The van der Waals surface area contributed by atoms with E-state index < -0.39 is 22.1 Å². The lowest BCUT2D eigenvalue weighted by molar-refractivity contribution is -0.128.